The third-order valence-corrected chi connectivity index (χ3v) is 10.3. The molecule has 0 atom stereocenters. The average molecular weight is 859 g/mol. The van der Waals surface area contributed by atoms with E-state index in [0.29, 0.717) is 5.69 Å². The topological polar surface area (TPSA) is 50.2 Å². The fourth-order valence-electron chi connectivity index (χ4n) is 6.45. The second-order valence-corrected chi connectivity index (χ2v) is 16.3. The summed E-state index contributed by atoms with van der Waals surface area (Å²) in [5, 5.41) is 14.0. The Morgan fingerprint density at radius 3 is 2.10 bits per heavy atom. The van der Waals surface area contributed by atoms with Gasteiger partial charge in [-0.1, -0.05) is 111 Å². The Balaban J connectivity index is 0.000000347. The number of hydrogen-bond donors (Lipinski definition) is 1. The van der Waals surface area contributed by atoms with Crippen molar-refractivity contribution in [2.75, 3.05) is 0 Å². The summed E-state index contributed by atoms with van der Waals surface area (Å²) < 4.78 is 17.0. The van der Waals surface area contributed by atoms with Crippen LogP contribution in [0.2, 0.25) is 0 Å². The average Bonchev–Trinajstić information content (AvgIpc) is 3.37. The molecule has 0 amide bonds. The molecule has 0 unspecified atom stereocenters. The van der Waals surface area contributed by atoms with Crippen LogP contribution in [0.4, 0.5) is 4.39 Å². The van der Waals surface area contributed by atoms with Crippen LogP contribution in [0.5, 0.6) is 0 Å². The molecule has 0 saturated carbocycles. The Bertz CT molecular complexity index is 1920. The first kappa shape index (κ1) is 40.5. The molecule has 0 bridgehead atoms. The van der Waals surface area contributed by atoms with Crippen molar-refractivity contribution in [3.63, 3.8) is 0 Å². The largest absolute Gasteiger partial charge is 0.512 e. The fourth-order valence-corrected chi connectivity index (χ4v) is 7.70. The maximum absolute atomic E-state index is 14.8. The van der Waals surface area contributed by atoms with E-state index >= 15 is 0 Å². The van der Waals surface area contributed by atoms with Gasteiger partial charge in [0.1, 0.15) is 0 Å². The number of carbonyl (C=O) groups excluding carboxylic acids is 1. The van der Waals surface area contributed by atoms with E-state index in [1.165, 1.54) is 27.3 Å². The van der Waals surface area contributed by atoms with Gasteiger partial charge in [0, 0.05) is 59.2 Å². The molecule has 5 aromatic rings. The quantitative estimate of drug-likeness (QED) is 0.0695. The third kappa shape index (κ3) is 9.87. The van der Waals surface area contributed by atoms with Crippen LogP contribution in [0.15, 0.2) is 66.4 Å². The van der Waals surface area contributed by atoms with Crippen molar-refractivity contribution >= 4 is 48.1 Å². The Hall–Kier alpha value is -2.92. The van der Waals surface area contributed by atoms with Gasteiger partial charge in [-0.2, -0.15) is 4.39 Å². The number of carbonyl (C=O) groups is 1. The SMILES string of the molecule is CC(C)(C)Cc1ccc2c(c1)sc1c(-c3[c-]c4ccccc4c(C(C)(C)C)c3)nc(F)cc12.CCC(CC)C(=O)/C=C(\O)C(CC)CC.[Ir]. The Morgan fingerprint density at radius 2 is 1.51 bits per heavy atom. The number of aliphatic hydroxyl groups is 1. The second-order valence-electron chi connectivity index (χ2n) is 15.2. The van der Waals surface area contributed by atoms with Crippen molar-refractivity contribution in [1.29, 1.82) is 0 Å². The number of pyridine rings is 1. The van der Waals surface area contributed by atoms with Gasteiger partial charge in [-0.3, -0.25) is 9.78 Å². The zero-order valence-corrected chi connectivity index (χ0v) is 34.1. The maximum Gasteiger partial charge on any atom is 0.206 e. The Kier molecular flexibility index (Phi) is 13.9. The number of allylic oxidation sites excluding steroid dienone is 2. The zero-order chi connectivity index (χ0) is 35.4. The molecular weight excluding hydrogens is 806 g/mol. The summed E-state index contributed by atoms with van der Waals surface area (Å²) in [6.07, 6.45) is 5.91. The number of ketones is 1. The number of thiophene rings is 1. The molecule has 2 aromatic heterocycles. The molecule has 1 N–H and O–H groups in total. The van der Waals surface area contributed by atoms with Gasteiger partial charge in [-0.05, 0) is 65.3 Å². The van der Waals surface area contributed by atoms with Crippen LogP contribution in [-0.4, -0.2) is 15.9 Å². The molecular formula is C43H53FIrNO2S-. The van der Waals surface area contributed by atoms with Crippen molar-refractivity contribution in [1.82, 2.24) is 4.98 Å². The normalized spacial score (nSPS) is 12.5. The van der Waals surface area contributed by atoms with Crippen molar-refractivity contribution < 1.29 is 34.4 Å². The number of nitrogens with zero attached hydrogens (tertiary/aromatic N) is 1. The van der Waals surface area contributed by atoms with Gasteiger partial charge in [0.15, 0.2) is 5.78 Å². The summed E-state index contributed by atoms with van der Waals surface area (Å²) in [4.78, 5) is 16.1. The minimum absolute atomic E-state index is 0. The molecule has 0 saturated heterocycles. The zero-order valence-electron chi connectivity index (χ0n) is 30.9. The minimum Gasteiger partial charge on any atom is -0.512 e. The van der Waals surface area contributed by atoms with E-state index in [0.717, 1.165) is 58.5 Å². The van der Waals surface area contributed by atoms with Gasteiger partial charge in [-0.15, -0.1) is 40.5 Å². The van der Waals surface area contributed by atoms with Crippen LogP contribution in [0.3, 0.4) is 0 Å². The predicted octanol–water partition coefficient (Wildman–Crippen LogP) is 13.0. The number of fused-ring (bicyclic) bond motifs is 4. The molecule has 0 fully saturated rings. The van der Waals surface area contributed by atoms with Gasteiger partial charge in [0.2, 0.25) is 5.95 Å². The van der Waals surface area contributed by atoms with Gasteiger partial charge < -0.3 is 5.11 Å². The number of hydrogen-bond acceptors (Lipinski definition) is 4. The first-order valence-corrected chi connectivity index (χ1v) is 18.3. The summed E-state index contributed by atoms with van der Waals surface area (Å²) in [6.45, 7) is 21.5. The monoisotopic (exact) mass is 859 g/mol. The molecule has 265 valence electrons. The molecule has 3 aromatic carbocycles. The number of halogens is 1. The minimum atomic E-state index is -0.449. The molecule has 5 rings (SSSR count). The summed E-state index contributed by atoms with van der Waals surface area (Å²) in [5.41, 5.74) is 4.22. The van der Waals surface area contributed by atoms with E-state index in [9.17, 15) is 14.3 Å². The van der Waals surface area contributed by atoms with Gasteiger partial charge in [-0.25, -0.2) is 0 Å². The first-order valence-electron chi connectivity index (χ1n) is 17.5. The molecule has 0 spiro atoms. The first-order chi connectivity index (χ1) is 22.6. The van der Waals surface area contributed by atoms with Crippen LogP contribution in [-0.2, 0) is 36.7 Å². The Labute approximate surface area is 310 Å². The maximum atomic E-state index is 14.8. The molecule has 49 heavy (non-hydrogen) atoms. The predicted molar refractivity (Wildman–Crippen MR) is 205 cm³/mol. The summed E-state index contributed by atoms with van der Waals surface area (Å²) >= 11 is 1.70. The Morgan fingerprint density at radius 1 is 0.878 bits per heavy atom. The molecule has 0 aliphatic carbocycles. The van der Waals surface area contributed by atoms with Crippen LogP contribution >= 0.6 is 11.3 Å². The second kappa shape index (κ2) is 16.9. The van der Waals surface area contributed by atoms with E-state index in [2.05, 4.69) is 95.1 Å². The summed E-state index contributed by atoms with van der Waals surface area (Å²) in [6, 6.07) is 22.2. The van der Waals surface area contributed by atoms with Crippen LogP contribution < -0.4 is 0 Å². The smallest absolute Gasteiger partial charge is 0.206 e. The fraction of sp³-hybridized carbons (Fsp3) is 0.442. The molecule has 6 heteroatoms. The molecule has 0 aliphatic heterocycles. The standard InChI is InChI=1S/C30H29FNS.C13H24O2.Ir/c1-29(2,3)17-18-11-12-22-23-16-26(31)32-27(28(23)33-25(22)13-18)20-14-19-9-7-8-10-21(19)24(15-20)30(4,5)6;1-5-10(6-2)12(14)9-13(15)11(7-3)8-4;/h7-13,15-16H,17H2,1-6H3;9-11,14H,5-8H2,1-4H3;/q-1;;/b;12-9-;. The molecule has 1 radical (unpaired) electrons. The van der Waals surface area contributed by atoms with E-state index in [1.54, 1.807) is 17.4 Å². The van der Waals surface area contributed by atoms with Crippen molar-refractivity contribution in [2.24, 2.45) is 17.3 Å². The number of aliphatic hydroxyl groups excluding tert-OH is 1. The van der Waals surface area contributed by atoms with E-state index in [1.807, 2.05) is 33.8 Å². The molecule has 2 heterocycles. The van der Waals surface area contributed by atoms with Crippen molar-refractivity contribution in [2.45, 2.75) is 107 Å². The van der Waals surface area contributed by atoms with Crippen LogP contribution in [0.1, 0.15) is 106 Å². The number of rotatable bonds is 9. The van der Waals surface area contributed by atoms with Crippen LogP contribution in [0.25, 0.3) is 42.2 Å². The van der Waals surface area contributed by atoms with Crippen molar-refractivity contribution in [3.8, 4) is 11.3 Å². The number of benzene rings is 3. The van der Waals surface area contributed by atoms with Gasteiger partial charge >= 0.3 is 0 Å². The molecule has 0 aliphatic rings. The summed E-state index contributed by atoms with van der Waals surface area (Å²) in [7, 11) is 0. The molecule has 3 nitrogen and oxygen atoms in total. The van der Waals surface area contributed by atoms with Crippen molar-refractivity contribution in [3.05, 3.63) is 89.6 Å². The van der Waals surface area contributed by atoms with E-state index < -0.39 is 5.95 Å². The van der Waals surface area contributed by atoms with E-state index in [-0.39, 0.29) is 54.3 Å². The third-order valence-electron chi connectivity index (χ3n) is 9.14. The van der Waals surface area contributed by atoms with Gasteiger partial charge in [0.25, 0.3) is 0 Å². The van der Waals surface area contributed by atoms with E-state index in [4.69, 9.17) is 0 Å². The van der Waals surface area contributed by atoms with Gasteiger partial charge in [0.05, 0.1) is 5.76 Å². The summed E-state index contributed by atoms with van der Waals surface area (Å²) in [5.74, 6) is 0.0981. The van der Waals surface area contributed by atoms with Crippen LogP contribution in [0, 0.1) is 29.3 Å². The number of aromatic nitrogens is 1.